The Kier molecular flexibility index (Phi) is 8.09. The van der Waals surface area contributed by atoms with Gasteiger partial charge in [-0.25, -0.2) is 4.79 Å². The number of nitrogens with one attached hydrogen (secondary N) is 1. The predicted molar refractivity (Wildman–Crippen MR) is 66.4 cm³/mol. The van der Waals surface area contributed by atoms with Crippen molar-refractivity contribution < 1.29 is 18.1 Å². The van der Waals surface area contributed by atoms with E-state index in [4.69, 9.17) is 24.7 Å². The average molecular weight is 265 g/mol. The van der Waals surface area contributed by atoms with Gasteiger partial charge in [-0.2, -0.15) is 0 Å². The molecule has 0 bridgehead atoms. The fourth-order valence-corrected chi connectivity index (χ4v) is 3.28. The lowest BCUT2D eigenvalue weighted by molar-refractivity contribution is 0.122. The van der Waals surface area contributed by atoms with E-state index in [1.54, 1.807) is 21.3 Å². The lowest BCUT2D eigenvalue weighted by Crippen LogP contribution is -2.44. The number of hydrogen-bond acceptors (Lipinski definition) is 5. The van der Waals surface area contributed by atoms with Crippen LogP contribution in [0.2, 0.25) is 6.04 Å². The maximum Gasteiger partial charge on any atom is 0.500 e. The van der Waals surface area contributed by atoms with E-state index in [9.17, 15) is 4.79 Å². The number of urea groups is 1. The molecule has 0 aromatic rings. The molecule has 1 unspecified atom stereocenters. The van der Waals surface area contributed by atoms with E-state index in [-0.39, 0.29) is 6.04 Å². The number of rotatable bonds is 9. The Balaban J connectivity index is 3.88. The smallest absolute Gasteiger partial charge is 0.377 e. The Labute approximate surface area is 103 Å². The van der Waals surface area contributed by atoms with Crippen LogP contribution in [0.1, 0.15) is 12.8 Å². The summed E-state index contributed by atoms with van der Waals surface area (Å²) >= 11 is 0. The Morgan fingerprint density at radius 3 is 2.18 bits per heavy atom. The van der Waals surface area contributed by atoms with E-state index < -0.39 is 14.8 Å². The zero-order valence-corrected chi connectivity index (χ0v) is 11.7. The highest BCUT2D eigenvalue weighted by Crippen LogP contribution is 2.16. The van der Waals surface area contributed by atoms with Gasteiger partial charge in [0.1, 0.15) is 0 Å². The molecule has 2 amide bonds. The summed E-state index contributed by atoms with van der Waals surface area (Å²) < 4.78 is 15.8. The summed E-state index contributed by atoms with van der Waals surface area (Å²) in [5.74, 6) is 0. The summed E-state index contributed by atoms with van der Waals surface area (Å²) in [4.78, 5) is 10.5. The number of primary amides is 1. The second-order valence-electron chi connectivity index (χ2n) is 3.67. The molecule has 0 rings (SSSR count). The molecule has 102 valence electrons. The van der Waals surface area contributed by atoms with Crippen molar-refractivity contribution in [3.05, 3.63) is 0 Å². The third kappa shape index (κ3) is 6.59. The van der Waals surface area contributed by atoms with E-state index in [1.807, 2.05) is 0 Å². The first-order chi connectivity index (χ1) is 7.99. The number of carbonyl (C=O) groups is 1. The molecule has 0 aromatic carbocycles. The van der Waals surface area contributed by atoms with Gasteiger partial charge in [-0.15, -0.1) is 0 Å². The van der Waals surface area contributed by atoms with Crippen LogP contribution in [0.3, 0.4) is 0 Å². The fourth-order valence-electron chi connectivity index (χ4n) is 1.44. The Bertz CT molecular complexity index is 218. The van der Waals surface area contributed by atoms with Crippen LogP contribution >= 0.6 is 0 Å². The van der Waals surface area contributed by atoms with Crippen LogP contribution in [-0.4, -0.2) is 48.8 Å². The normalized spacial score (nSPS) is 13.4. The lowest BCUT2D eigenvalue weighted by atomic mass is 10.2. The summed E-state index contributed by atoms with van der Waals surface area (Å²) in [5, 5.41) is 2.49. The van der Waals surface area contributed by atoms with Crippen molar-refractivity contribution in [2.45, 2.75) is 24.9 Å². The van der Waals surface area contributed by atoms with Crippen LogP contribution < -0.4 is 16.8 Å². The molecule has 8 heteroatoms. The minimum Gasteiger partial charge on any atom is -0.377 e. The number of hydrogen-bond donors (Lipinski definition) is 3. The average Bonchev–Trinajstić information content (AvgIpc) is 2.31. The molecule has 0 aromatic heterocycles. The molecule has 1 atom stereocenters. The summed E-state index contributed by atoms with van der Waals surface area (Å²) in [5.41, 5.74) is 10.8. The van der Waals surface area contributed by atoms with Crippen LogP contribution in [0.25, 0.3) is 0 Å². The van der Waals surface area contributed by atoms with Gasteiger partial charge in [0, 0.05) is 40.0 Å². The highest BCUT2D eigenvalue weighted by atomic mass is 28.4. The summed E-state index contributed by atoms with van der Waals surface area (Å²) in [6.07, 6.45) is 1.37. The van der Waals surface area contributed by atoms with Gasteiger partial charge in [0.15, 0.2) is 0 Å². The van der Waals surface area contributed by atoms with Crippen LogP contribution in [0.15, 0.2) is 0 Å². The van der Waals surface area contributed by atoms with Crippen LogP contribution in [0.4, 0.5) is 4.79 Å². The Hall–Kier alpha value is -0.673. The van der Waals surface area contributed by atoms with E-state index >= 15 is 0 Å². The van der Waals surface area contributed by atoms with Crippen molar-refractivity contribution in [2.24, 2.45) is 11.5 Å². The van der Waals surface area contributed by atoms with E-state index in [1.165, 1.54) is 0 Å². The van der Waals surface area contributed by atoms with Gasteiger partial charge in [0.25, 0.3) is 0 Å². The second kappa shape index (κ2) is 8.42. The van der Waals surface area contributed by atoms with Gasteiger partial charge in [-0.05, 0) is 12.8 Å². The lowest BCUT2D eigenvalue weighted by Gasteiger charge is -2.25. The zero-order chi connectivity index (χ0) is 13.3. The van der Waals surface area contributed by atoms with Crippen LogP contribution in [-0.2, 0) is 13.3 Å². The first-order valence-electron chi connectivity index (χ1n) is 5.44. The van der Waals surface area contributed by atoms with Crippen LogP contribution in [0.5, 0.6) is 0 Å². The van der Waals surface area contributed by atoms with Gasteiger partial charge >= 0.3 is 14.8 Å². The quantitative estimate of drug-likeness (QED) is 0.493. The monoisotopic (exact) mass is 265 g/mol. The minimum atomic E-state index is -2.53. The first kappa shape index (κ1) is 16.3. The van der Waals surface area contributed by atoms with Crippen molar-refractivity contribution in [1.29, 1.82) is 0 Å². The molecule has 0 saturated carbocycles. The molecule has 17 heavy (non-hydrogen) atoms. The molecule has 0 radical (unpaired) electrons. The molecule has 0 saturated heterocycles. The Morgan fingerprint density at radius 1 is 1.24 bits per heavy atom. The van der Waals surface area contributed by atoms with E-state index in [0.717, 1.165) is 0 Å². The van der Waals surface area contributed by atoms with Crippen molar-refractivity contribution in [3.63, 3.8) is 0 Å². The predicted octanol–water partition coefficient (Wildman–Crippen LogP) is -0.360. The van der Waals surface area contributed by atoms with Crippen LogP contribution in [0, 0.1) is 0 Å². The topological polar surface area (TPSA) is 109 Å². The molecule has 5 N–H and O–H groups in total. The number of carbonyl (C=O) groups excluding carboxylic acids is 1. The van der Waals surface area contributed by atoms with Gasteiger partial charge in [-0.3, -0.25) is 0 Å². The summed E-state index contributed by atoms with van der Waals surface area (Å²) in [6.45, 7) is 0.470. The molecule has 0 aliphatic heterocycles. The summed E-state index contributed by atoms with van der Waals surface area (Å²) in [7, 11) is 2.17. The SMILES string of the molecule is CO[Si](CCC(N)CCNC(N)=O)(OC)OC. The largest absolute Gasteiger partial charge is 0.500 e. The number of amides is 2. The van der Waals surface area contributed by atoms with E-state index in [2.05, 4.69) is 5.32 Å². The third-order valence-corrected chi connectivity index (χ3v) is 5.34. The molecule has 0 aliphatic carbocycles. The maximum absolute atomic E-state index is 10.5. The molecule has 0 fully saturated rings. The molecular weight excluding hydrogens is 242 g/mol. The first-order valence-corrected chi connectivity index (χ1v) is 7.37. The van der Waals surface area contributed by atoms with Gasteiger partial charge in [0.2, 0.25) is 0 Å². The highest BCUT2D eigenvalue weighted by Gasteiger charge is 2.37. The van der Waals surface area contributed by atoms with E-state index in [0.29, 0.717) is 25.4 Å². The molecular formula is C9H23N3O4Si. The fraction of sp³-hybridized carbons (Fsp3) is 0.889. The van der Waals surface area contributed by atoms with Gasteiger partial charge < -0.3 is 30.1 Å². The standard InChI is InChI=1S/C9H23N3O4Si/c1-14-17(15-2,16-3)7-5-8(10)4-6-12-9(11)13/h8H,4-7,10H2,1-3H3,(H3,11,12,13). The Morgan fingerprint density at radius 2 is 1.76 bits per heavy atom. The van der Waals surface area contributed by atoms with Crippen molar-refractivity contribution in [3.8, 4) is 0 Å². The van der Waals surface area contributed by atoms with Crippen molar-refractivity contribution in [1.82, 2.24) is 5.32 Å². The van der Waals surface area contributed by atoms with Gasteiger partial charge in [-0.1, -0.05) is 0 Å². The zero-order valence-electron chi connectivity index (χ0n) is 10.7. The van der Waals surface area contributed by atoms with Gasteiger partial charge in [0.05, 0.1) is 0 Å². The molecule has 7 nitrogen and oxygen atoms in total. The maximum atomic E-state index is 10.5. The molecule has 0 spiro atoms. The second-order valence-corrected chi connectivity index (χ2v) is 6.76. The number of nitrogens with two attached hydrogens (primary N) is 2. The van der Waals surface area contributed by atoms with Crippen molar-refractivity contribution >= 4 is 14.8 Å². The summed E-state index contributed by atoms with van der Waals surface area (Å²) in [6, 6.07) is 0.0644. The minimum absolute atomic E-state index is 0.0471. The molecule has 0 heterocycles. The van der Waals surface area contributed by atoms with Crippen molar-refractivity contribution in [2.75, 3.05) is 27.9 Å². The highest BCUT2D eigenvalue weighted by molar-refractivity contribution is 6.60. The molecule has 0 aliphatic rings. The third-order valence-electron chi connectivity index (χ3n) is 2.57.